The van der Waals surface area contributed by atoms with Gasteiger partial charge in [0.25, 0.3) is 0 Å². The molecule has 0 atom stereocenters. The van der Waals surface area contributed by atoms with Gasteiger partial charge in [0.1, 0.15) is 5.01 Å². The molecule has 0 aromatic carbocycles. The lowest BCUT2D eigenvalue weighted by atomic mass is 10.4. The van der Waals surface area contributed by atoms with Crippen LogP contribution >= 0.6 is 46.2 Å². The quantitative estimate of drug-likeness (QED) is 0.393. The second-order valence-corrected chi connectivity index (χ2v) is 9.08. The van der Waals surface area contributed by atoms with Crippen LogP contribution in [-0.2, 0) is 5.75 Å². The van der Waals surface area contributed by atoms with E-state index in [2.05, 4.69) is 32.5 Å². The molecule has 23 heavy (non-hydrogen) atoms. The van der Waals surface area contributed by atoms with Gasteiger partial charge in [0.2, 0.25) is 0 Å². The van der Waals surface area contributed by atoms with Crippen molar-refractivity contribution in [3.8, 4) is 10.7 Å². The lowest BCUT2D eigenvalue weighted by molar-refractivity contribution is 0.892. The summed E-state index contributed by atoms with van der Waals surface area (Å²) in [5, 5.41) is 11.5. The number of rotatable bonds is 8. The lowest BCUT2D eigenvalue weighted by Gasteiger charge is -1.94. The number of thiazole rings is 1. The highest BCUT2D eigenvalue weighted by Crippen LogP contribution is 2.32. The predicted molar refractivity (Wildman–Crippen MR) is 100 cm³/mol. The van der Waals surface area contributed by atoms with Gasteiger partial charge in [-0.1, -0.05) is 54.3 Å². The van der Waals surface area contributed by atoms with Gasteiger partial charge >= 0.3 is 0 Å². The molecule has 0 N–H and O–H groups in total. The van der Waals surface area contributed by atoms with Gasteiger partial charge in [0, 0.05) is 23.1 Å². The molecule has 4 nitrogen and oxygen atoms in total. The average Bonchev–Trinajstić information content (AvgIpc) is 3.23. The van der Waals surface area contributed by atoms with E-state index in [4.69, 9.17) is 0 Å². The minimum atomic E-state index is 0.817. The van der Waals surface area contributed by atoms with Crippen LogP contribution in [0.25, 0.3) is 10.7 Å². The number of nitrogens with zero attached hydrogens (tertiary/aromatic N) is 4. The Morgan fingerprint density at radius 3 is 2.78 bits per heavy atom. The fourth-order valence-corrected chi connectivity index (χ4v) is 5.70. The first-order valence-electron chi connectivity index (χ1n) is 7.30. The van der Waals surface area contributed by atoms with Crippen molar-refractivity contribution in [2.75, 3.05) is 5.75 Å². The Morgan fingerprint density at radius 1 is 1.13 bits per heavy atom. The highest BCUT2D eigenvalue weighted by Gasteiger charge is 2.09. The second-order valence-electron chi connectivity index (χ2n) is 4.68. The van der Waals surface area contributed by atoms with Crippen molar-refractivity contribution in [3.63, 3.8) is 0 Å². The number of aromatic nitrogens is 4. The van der Waals surface area contributed by atoms with E-state index in [1.165, 1.54) is 12.8 Å². The monoisotopic (exact) mass is 380 g/mol. The van der Waals surface area contributed by atoms with E-state index in [-0.39, 0.29) is 0 Å². The van der Waals surface area contributed by atoms with Gasteiger partial charge in [-0.05, 0) is 18.6 Å². The first-order valence-corrected chi connectivity index (χ1v) is 11.0. The maximum absolute atomic E-state index is 4.65. The molecule has 0 aliphatic carbocycles. The summed E-state index contributed by atoms with van der Waals surface area (Å²) in [6.07, 6.45) is 4.24. The third-order valence-corrected chi connectivity index (χ3v) is 7.11. The third kappa shape index (κ3) is 5.00. The maximum Gasteiger partial charge on any atom is 0.175 e. The van der Waals surface area contributed by atoms with Crippen LogP contribution < -0.4 is 0 Å². The molecule has 0 bridgehead atoms. The summed E-state index contributed by atoms with van der Waals surface area (Å²) < 4.78 is 2.07. The van der Waals surface area contributed by atoms with Crippen LogP contribution in [0.1, 0.15) is 25.5 Å². The van der Waals surface area contributed by atoms with E-state index in [1.807, 2.05) is 18.2 Å². The van der Waals surface area contributed by atoms with Crippen molar-refractivity contribution < 1.29 is 0 Å². The number of thioether (sulfide) groups is 2. The van der Waals surface area contributed by atoms with Crippen LogP contribution in [0, 0.1) is 0 Å². The molecule has 3 rings (SSSR count). The summed E-state index contributed by atoms with van der Waals surface area (Å²) >= 11 is 6.80. The summed E-state index contributed by atoms with van der Waals surface area (Å²) in [4.78, 5) is 8.99. The molecule has 0 aliphatic rings. The lowest BCUT2D eigenvalue weighted by Crippen LogP contribution is -1.83. The third-order valence-electron chi connectivity index (χ3n) is 2.89. The van der Waals surface area contributed by atoms with Crippen LogP contribution in [-0.4, -0.2) is 25.9 Å². The van der Waals surface area contributed by atoms with E-state index in [1.54, 1.807) is 52.4 Å². The minimum absolute atomic E-state index is 0.817. The van der Waals surface area contributed by atoms with Gasteiger partial charge in [-0.2, -0.15) is 0 Å². The average molecular weight is 381 g/mol. The zero-order chi connectivity index (χ0) is 15.9. The fourth-order valence-electron chi connectivity index (χ4n) is 1.73. The van der Waals surface area contributed by atoms with Gasteiger partial charge < -0.3 is 0 Å². The molecule has 0 spiro atoms. The highest BCUT2D eigenvalue weighted by molar-refractivity contribution is 8.02. The molecule has 0 fully saturated rings. The van der Waals surface area contributed by atoms with E-state index < -0.39 is 0 Å². The molecular formula is C15H16N4S4. The summed E-state index contributed by atoms with van der Waals surface area (Å²) in [5.74, 6) is 1.94. The Labute approximate surface area is 152 Å². The van der Waals surface area contributed by atoms with Gasteiger partial charge in [-0.25, -0.2) is 4.98 Å². The Balaban J connectivity index is 1.54. The number of hydrogen-bond acceptors (Lipinski definition) is 8. The van der Waals surface area contributed by atoms with Crippen molar-refractivity contribution >= 4 is 46.2 Å². The van der Waals surface area contributed by atoms with Crippen LogP contribution in [0.2, 0.25) is 0 Å². The topological polar surface area (TPSA) is 51.6 Å². The Bertz CT molecular complexity index is 726. The van der Waals surface area contributed by atoms with Gasteiger partial charge in [-0.15, -0.1) is 21.5 Å². The summed E-state index contributed by atoms with van der Waals surface area (Å²) in [6, 6.07) is 5.89. The first-order chi connectivity index (χ1) is 11.3. The first kappa shape index (κ1) is 16.9. The summed E-state index contributed by atoms with van der Waals surface area (Å²) in [5.41, 5.74) is 2.00. The molecular weight excluding hydrogens is 364 g/mol. The number of unbranched alkanes of at least 4 members (excludes halogenated alkanes) is 1. The Morgan fingerprint density at radius 2 is 2.00 bits per heavy atom. The maximum atomic E-state index is 4.65. The molecule has 0 saturated heterocycles. The van der Waals surface area contributed by atoms with Crippen molar-refractivity contribution in [3.05, 3.63) is 35.5 Å². The molecule has 0 aliphatic heterocycles. The van der Waals surface area contributed by atoms with Gasteiger partial charge in [-0.3, -0.25) is 4.98 Å². The molecule has 0 unspecified atom stereocenters. The van der Waals surface area contributed by atoms with Crippen LogP contribution in [0.15, 0.2) is 38.5 Å². The molecule has 0 radical (unpaired) electrons. The SMILES string of the molecule is CCCCSc1nnc(SCc2csc(-c3ccccn3)n2)s1. The smallest absolute Gasteiger partial charge is 0.175 e. The van der Waals surface area contributed by atoms with E-state index in [0.717, 1.165) is 36.6 Å². The molecule has 8 heteroatoms. The van der Waals surface area contributed by atoms with E-state index in [0.29, 0.717) is 0 Å². The largest absolute Gasteiger partial charge is 0.254 e. The molecule has 3 aromatic rings. The Kier molecular flexibility index (Phi) is 6.44. The molecule has 3 heterocycles. The second kappa shape index (κ2) is 8.77. The highest BCUT2D eigenvalue weighted by atomic mass is 32.2. The zero-order valence-corrected chi connectivity index (χ0v) is 15.9. The van der Waals surface area contributed by atoms with Crippen molar-refractivity contribution in [2.45, 2.75) is 34.2 Å². The van der Waals surface area contributed by atoms with Gasteiger partial charge in [0.15, 0.2) is 8.68 Å². The van der Waals surface area contributed by atoms with Crippen molar-refractivity contribution in [1.29, 1.82) is 0 Å². The molecule has 3 aromatic heterocycles. The summed E-state index contributed by atoms with van der Waals surface area (Å²) in [6.45, 7) is 2.20. The minimum Gasteiger partial charge on any atom is -0.254 e. The molecule has 0 saturated carbocycles. The predicted octanol–water partition coefficient (Wildman–Crippen LogP) is 5.24. The zero-order valence-electron chi connectivity index (χ0n) is 12.6. The van der Waals surface area contributed by atoms with Crippen LogP contribution in [0.4, 0.5) is 0 Å². The van der Waals surface area contributed by atoms with E-state index >= 15 is 0 Å². The van der Waals surface area contributed by atoms with E-state index in [9.17, 15) is 0 Å². The Hall–Kier alpha value is -0.960. The van der Waals surface area contributed by atoms with Crippen molar-refractivity contribution in [1.82, 2.24) is 20.2 Å². The van der Waals surface area contributed by atoms with Gasteiger partial charge in [0.05, 0.1) is 11.4 Å². The van der Waals surface area contributed by atoms with Crippen molar-refractivity contribution in [2.24, 2.45) is 0 Å². The molecule has 120 valence electrons. The molecule has 0 amide bonds. The number of hydrogen-bond donors (Lipinski definition) is 0. The summed E-state index contributed by atoms with van der Waals surface area (Å²) in [7, 11) is 0. The van der Waals surface area contributed by atoms with Crippen LogP contribution in [0.3, 0.4) is 0 Å². The van der Waals surface area contributed by atoms with Crippen LogP contribution in [0.5, 0.6) is 0 Å². The standard InChI is InChI=1S/C15H16N4S4/c1-2-3-8-20-14-18-19-15(23-14)22-10-11-9-21-13(17-11)12-6-4-5-7-16-12/h4-7,9H,2-3,8,10H2,1H3. The normalized spacial score (nSPS) is 11.0. The number of pyridine rings is 1. The fraction of sp³-hybridized carbons (Fsp3) is 0.333.